The molecule has 5 atom stereocenters. The van der Waals surface area contributed by atoms with Gasteiger partial charge in [0, 0.05) is 12.1 Å². The largest absolute Gasteiger partial charge is 0.480 e. The summed E-state index contributed by atoms with van der Waals surface area (Å²) >= 11 is 0. The molecule has 4 rings (SSSR count). The van der Waals surface area contributed by atoms with Gasteiger partial charge in [-0.3, -0.25) is 4.79 Å². The molecule has 0 aliphatic carbocycles. The van der Waals surface area contributed by atoms with Gasteiger partial charge in [-0.15, -0.1) is 0 Å². The number of benzene rings is 2. The van der Waals surface area contributed by atoms with Gasteiger partial charge in [0.15, 0.2) is 0 Å². The quantitative estimate of drug-likeness (QED) is 0.807. The highest BCUT2D eigenvalue weighted by Crippen LogP contribution is 2.44. The van der Waals surface area contributed by atoms with Gasteiger partial charge < -0.3 is 15.1 Å². The lowest BCUT2D eigenvalue weighted by Crippen LogP contribution is -2.55. The fourth-order valence-electron chi connectivity index (χ4n) is 5.47. The SMILES string of the molecule is CN1[C@@H]2CC[C@H]1CC([C@@H](O)C(Cc1ccccc1)(C(=O)O)c1ccccc1)C2. The summed E-state index contributed by atoms with van der Waals surface area (Å²) in [4.78, 5) is 15.2. The number of hydrogen-bond acceptors (Lipinski definition) is 3. The third-order valence-corrected chi connectivity index (χ3v) is 7.08. The molecule has 2 aliphatic heterocycles. The van der Waals surface area contributed by atoms with Crippen LogP contribution in [0.1, 0.15) is 36.8 Å². The molecule has 0 spiro atoms. The molecular formula is C24H29NO3. The lowest BCUT2D eigenvalue weighted by Gasteiger charge is -2.44. The van der Waals surface area contributed by atoms with Crippen LogP contribution in [0.3, 0.4) is 0 Å². The van der Waals surface area contributed by atoms with E-state index >= 15 is 0 Å². The minimum absolute atomic E-state index is 0.00582. The van der Waals surface area contributed by atoms with Crippen molar-refractivity contribution in [3.05, 3.63) is 71.8 Å². The van der Waals surface area contributed by atoms with E-state index in [0.717, 1.165) is 31.2 Å². The number of hydrogen-bond donors (Lipinski definition) is 2. The number of carbonyl (C=O) groups is 1. The maximum atomic E-state index is 12.8. The van der Waals surface area contributed by atoms with Gasteiger partial charge in [0.05, 0.1) is 6.10 Å². The normalized spacial score (nSPS) is 27.9. The van der Waals surface area contributed by atoms with Crippen molar-refractivity contribution >= 4 is 5.97 Å². The second kappa shape index (κ2) is 7.69. The van der Waals surface area contributed by atoms with Gasteiger partial charge in [0.25, 0.3) is 0 Å². The summed E-state index contributed by atoms with van der Waals surface area (Å²) in [6.45, 7) is 0. The first kappa shape index (κ1) is 19.2. The molecule has 2 aromatic carbocycles. The smallest absolute Gasteiger partial charge is 0.317 e. The number of aliphatic hydroxyl groups excluding tert-OH is 1. The third-order valence-electron chi connectivity index (χ3n) is 7.08. The van der Waals surface area contributed by atoms with Crippen LogP contribution in [0.2, 0.25) is 0 Å². The Morgan fingerprint density at radius 3 is 2.11 bits per heavy atom. The molecule has 2 bridgehead atoms. The molecule has 2 heterocycles. The monoisotopic (exact) mass is 379 g/mol. The van der Waals surface area contributed by atoms with Gasteiger partial charge in [-0.25, -0.2) is 0 Å². The van der Waals surface area contributed by atoms with Crippen LogP contribution in [0.4, 0.5) is 0 Å². The van der Waals surface area contributed by atoms with Crippen molar-refractivity contribution in [1.82, 2.24) is 4.90 Å². The Labute approximate surface area is 166 Å². The molecular weight excluding hydrogens is 350 g/mol. The molecule has 28 heavy (non-hydrogen) atoms. The van der Waals surface area contributed by atoms with Gasteiger partial charge in [-0.2, -0.15) is 0 Å². The number of carboxylic acid groups (broad SMARTS) is 1. The van der Waals surface area contributed by atoms with Crippen LogP contribution >= 0.6 is 0 Å². The standard InChI is InChI=1S/C24H29NO3/c1-25-20-12-13-21(25)15-18(14-20)22(26)24(23(27)28,19-10-6-3-7-11-19)16-17-8-4-2-5-9-17/h2-11,18,20-22,26H,12-16H2,1H3,(H,27,28)/t18?,20-,21+,22-,24?/m1/s1. The Kier molecular flexibility index (Phi) is 5.26. The predicted molar refractivity (Wildman–Crippen MR) is 109 cm³/mol. The number of nitrogens with zero attached hydrogens (tertiary/aromatic N) is 1. The van der Waals surface area contributed by atoms with Crippen LogP contribution in [0.25, 0.3) is 0 Å². The van der Waals surface area contributed by atoms with Gasteiger partial charge in [-0.1, -0.05) is 60.7 Å². The predicted octanol–water partition coefficient (Wildman–Crippen LogP) is 3.49. The van der Waals surface area contributed by atoms with Crippen LogP contribution in [0.5, 0.6) is 0 Å². The number of rotatable bonds is 6. The summed E-state index contributed by atoms with van der Waals surface area (Å²) in [6, 6.07) is 19.9. The van der Waals surface area contributed by atoms with E-state index in [9.17, 15) is 15.0 Å². The molecule has 4 heteroatoms. The van der Waals surface area contributed by atoms with E-state index in [4.69, 9.17) is 0 Å². The zero-order valence-corrected chi connectivity index (χ0v) is 16.4. The first-order valence-electron chi connectivity index (χ1n) is 10.2. The van der Waals surface area contributed by atoms with E-state index in [0.29, 0.717) is 17.6 Å². The summed E-state index contributed by atoms with van der Waals surface area (Å²) in [5.41, 5.74) is 0.275. The zero-order chi connectivity index (χ0) is 19.7. The van der Waals surface area contributed by atoms with E-state index < -0.39 is 17.5 Å². The van der Waals surface area contributed by atoms with E-state index in [1.807, 2.05) is 60.7 Å². The topological polar surface area (TPSA) is 60.8 Å². The molecule has 0 aromatic heterocycles. The molecule has 2 aromatic rings. The zero-order valence-electron chi connectivity index (χ0n) is 16.4. The van der Waals surface area contributed by atoms with Gasteiger partial charge in [-0.05, 0) is 56.2 Å². The fraction of sp³-hybridized carbons (Fsp3) is 0.458. The Morgan fingerprint density at radius 1 is 1.04 bits per heavy atom. The van der Waals surface area contributed by atoms with E-state index in [1.54, 1.807) is 0 Å². The van der Waals surface area contributed by atoms with Crippen molar-refractivity contribution in [3.8, 4) is 0 Å². The maximum Gasteiger partial charge on any atom is 0.317 e. The molecule has 0 saturated carbocycles. The number of carboxylic acids is 1. The molecule has 2 N–H and O–H groups in total. The van der Waals surface area contributed by atoms with Crippen LogP contribution in [-0.4, -0.2) is 46.3 Å². The van der Waals surface area contributed by atoms with Crippen LogP contribution in [0.15, 0.2) is 60.7 Å². The summed E-state index contributed by atoms with van der Waals surface area (Å²) in [5.74, 6) is -0.949. The van der Waals surface area contributed by atoms with Crippen molar-refractivity contribution in [2.75, 3.05) is 7.05 Å². The molecule has 2 aliphatic rings. The first-order chi connectivity index (χ1) is 13.5. The van der Waals surface area contributed by atoms with Crippen molar-refractivity contribution in [3.63, 3.8) is 0 Å². The van der Waals surface area contributed by atoms with E-state index in [-0.39, 0.29) is 12.3 Å². The molecule has 2 unspecified atom stereocenters. The Morgan fingerprint density at radius 2 is 1.57 bits per heavy atom. The molecule has 0 amide bonds. The second-order valence-corrected chi connectivity index (χ2v) is 8.53. The van der Waals surface area contributed by atoms with Crippen LogP contribution < -0.4 is 0 Å². The number of aliphatic hydroxyl groups is 1. The summed E-state index contributed by atoms with van der Waals surface area (Å²) in [6.07, 6.45) is 3.39. The van der Waals surface area contributed by atoms with Crippen LogP contribution in [0, 0.1) is 5.92 Å². The van der Waals surface area contributed by atoms with Crippen molar-refractivity contribution in [1.29, 1.82) is 0 Å². The highest BCUT2D eigenvalue weighted by molar-refractivity contribution is 5.83. The summed E-state index contributed by atoms with van der Waals surface area (Å²) in [5, 5.41) is 22.1. The summed E-state index contributed by atoms with van der Waals surface area (Å²) in [7, 11) is 2.16. The highest BCUT2D eigenvalue weighted by Gasteiger charge is 2.52. The van der Waals surface area contributed by atoms with E-state index in [2.05, 4.69) is 11.9 Å². The molecule has 2 fully saturated rings. The molecule has 148 valence electrons. The first-order valence-corrected chi connectivity index (χ1v) is 10.2. The highest BCUT2D eigenvalue weighted by atomic mass is 16.4. The van der Waals surface area contributed by atoms with Crippen molar-refractivity contribution < 1.29 is 15.0 Å². The average Bonchev–Trinajstić information content (AvgIpc) is 2.93. The van der Waals surface area contributed by atoms with Gasteiger partial charge in [0.1, 0.15) is 5.41 Å². The van der Waals surface area contributed by atoms with Gasteiger partial charge in [0.2, 0.25) is 0 Å². The van der Waals surface area contributed by atoms with Crippen molar-refractivity contribution in [2.45, 2.75) is 55.7 Å². The number of aliphatic carboxylic acids is 1. The van der Waals surface area contributed by atoms with Crippen molar-refractivity contribution in [2.24, 2.45) is 5.92 Å². The number of piperidine rings is 1. The Bertz CT molecular complexity index is 795. The lowest BCUT2D eigenvalue weighted by atomic mass is 9.65. The van der Waals surface area contributed by atoms with Gasteiger partial charge >= 0.3 is 5.97 Å². The minimum atomic E-state index is -1.34. The fourth-order valence-corrected chi connectivity index (χ4v) is 5.47. The Balaban J connectivity index is 1.74. The lowest BCUT2D eigenvalue weighted by molar-refractivity contribution is -0.152. The van der Waals surface area contributed by atoms with E-state index in [1.165, 1.54) is 0 Å². The minimum Gasteiger partial charge on any atom is -0.480 e. The molecule has 0 radical (unpaired) electrons. The molecule has 2 saturated heterocycles. The third kappa shape index (κ3) is 3.25. The Hall–Kier alpha value is -2.17. The van der Waals surface area contributed by atoms with Crippen LogP contribution in [-0.2, 0) is 16.6 Å². The summed E-state index contributed by atoms with van der Waals surface area (Å²) < 4.78 is 0. The average molecular weight is 380 g/mol. The number of fused-ring (bicyclic) bond motifs is 2. The maximum absolute atomic E-state index is 12.8. The molecule has 4 nitrogen and oxygen atoms in total. The second-order valence-electron chi connectivity index (χ2n) is 8.53.